The second-order valence-corrected chi connectivity index (χ2v) is 4.85. The number of nitrogens with zero attached hydrogens (tertiary/aromatic N) is 1. The fourth-order valence-electron chi connectivity index (χ4n) is 2.22. The molecule has 1 saturated carbocycles. The molecule has 0 radical (unpaired) electrons. The monoisotopic (exact) mass is 250 g/mol. The molecule has 0 amide bonds. The van der Waals surface area contributed by atoms with E-state index in [9.17, 15) is 5.11 Å². The molecule has 1 fully saturated rings. The number of nitrogens with one attached hydrogen (secondary N) is 1. The standard InChI is InChI=1S/C13H15ClN2O/c14-11-6-9(7-15)4-5-12(11)16-8-10-2-1-3-13(10)17/h4-6,10,13,16-17H,1-3,8H2. The predicted molar refractivity (Wildman–Crippen MR) is 68.0 cm³/mol. The van der Waals surface area contributed by atoms with Gasteiger partial charge in [-0.05, 0) is 31.0 Å². The summed E-state index contributed by atoms with van der Waals surface area (Å²) in [6, 6.07) is 7.24. The number of benzene rings is 1. The molecule has 0 heterocycles. The van der Waals surface area contributed by atoms with Crippen LogP contribution in [0.2, 0.25) is 5.02 Å². The summed E-state index contributed by atoms with van der Waals surface area (Å²) >= 11 is 6.05. The number of aliphatic hydroxyl groups excluding tert-OH is 1. The lowest BCUT2D eigenvalue weighted by atomic mass is 10.1. The van der Waals surface area contributed by atoms with Gasteiger partial charge in [-0.2, -0.15) is 5.26 Å². The average molecular weight is 251 g/mol. The Morgan fingerprint density at radius 3 is 2.88 bits per heavy atom. The van der Waals surface area contributed by atoms with Gasteiger partial charge in [0.1, 0.15) is 0 Å². The summed E-state index contributed by atoms with van der Waals surface area (Å²) in [4.78, 5) is 0. The second-order valence-electron chi connectivity index (χ2n) is 4.45. The van der Waals surface area contributed by atoms with Crippen LogP contribution in [0.15, 0.2) is 18.2 Å². The summed E-state index contributed by atoms with van der Waals surface area (Å²) in [5.41, 5.74) is 1.38. The van der Waals surface area contributed by atoms with Crippen LogP contribution in [0.5, 0.6) is 0 Å². The third-order valence-electron chi connectivity index (χ3n) is 3.27. The van der Waals surface area contributed by atoms with E-state index >= 15 is 0 Å². The van der Waals surface area contributed by atoms with Crippen LogP contribution >= 0.6 is 11.6 Å². The lowest BCUT2D eigenvalue weighted by Gasteiger charge is -2.16. The molecule has 1 aliphatic carbocycles. The van der Waals surface area contributed by atoms with Crippen molar-refractivity contribution in [3.63, 3.8) is 0 Å². The van der Waals surface area contributed by atoms with Crippen molar-refractivity contribution in [2.75, 3.05) is 11.9 Å². The fourth-order valence-corrected chi connectivity index (χ4v) is 2.47. The van der Waals surface area contributed by atoms with E-state index in [0.29, 0.717) is 16.5 Å². The third kappa shape index (κ3) is 2.91. The van der Waals surface area contributed by atoms with Gasteiger partial charge < -0.3 is 10.4 Å². The molecular formula is C13H15ClN2O. The Balaban J connectivity index is 1.97. The Morgan fingerprint density at radius 2 is 2.29 bits per heavy atom. The van der Waals surface area contributed by atoms with Gasteiger partial charge in [-0.15, -0.1) is 0 Å². The van der Waals surface area contributed by atoms with E-state index in [4.69, 9.17) is 16.9 Å². The minimum Gasteiger partial charge on any atom is -0.393 e. The summed E-state index contributed by atoms with van der Waals surface area (Å²) < 4.78 is 0. The van der Waals surface area contributed by atoms with Crippen molar-refractivity contribution in [3.05, 3.63) is 28.8 Å². The van der Waals surface area contributed by atoms with Crippen LogP contribution in [-0.2, 0) is 0 Å². The van der Waals surface area contributed by atoms with Gasteiger partial charge in [0.05, 0.1) is 28.4 Å². The van der Waals surface area contributed by atoms with Gasteiger partial charge in [0.15, 0.2) is 0 Å². The summed E-state index contributed by atoms with van der Waals surface area (Å²) in [5, 5.41) is 22.2. The zero-order valence-corrected chi connectivity index (χ0v) is 10.2. The van der Waals surface area contributed by atoms with Gasteiger partial charge in [0.2, 0.25) is 0 Å². The van der Waals surface area contributed by atoms with E-state index in [1.165, 1.54) is 0 Å². The van der Waals surface area contributed by atoms with Crippen molar-refractivity contribution < 1.29 is 5.11 Å². The van der Waals surface area contributed by atoms with Crippen LogP contribution in [0.4, 0.5) is 5.69 Å². The van der Waals surface area contributed by atoms with E-state index in [-0.39, 0.29) is 6.10 Å². The van der Waals surface area contributed by atoms with E-state index in [0.717, 1.165) is 31.5 Å². The number of anilines is 1. The van der Waals surface area contributed by atoms with Crippen molar-refractivity contribution in [1.29, 1.82) is 5.26 Å². The molecule has 1 aromatic carbocycles. The van der Waals surface area contributed by atoms with E-state index in [2.05, 4.69) is 5.32 Å². The highest BCUT2D eigenvalue weighted by atomic mass is 35.5. The topological polar surface area (TPSA) is 56.0 Å². The van der Waals surface area contributed by atoms with Gasteiger partial charge in [0, 0.05) is 12.5 Å². The molecule has 1 aliphatic rings. The highest BCUT2D eigenvalue weighted by Crippen LogP contribution is 2.28. The van der Waals surface area contributed by atoms with Crippen LogP contribution in [0.25, 0.3) is 0 Å². The van der Waals surface area contributed by atoms with Crippen molar-refractivity contribution >= 4 is 17.3 Å². The molecule has 4 heteroatoms. The van der Waals surface area contributed by atoms with E-state index < -0.39 is 0 Å². The minimum absolute atomic E-state index is 0.195. The van der Waals surface area contributed by atoms with Gasteiger partial charge in [-0.1, -0.05) is 18.0 Å². The van der Waals surface area contributed by atoms with Gasteiger partial charge in [-0.25, -0.2) is 0 Å². The molecule has 17 heavy (non-hydrogen) atoms. The SMILES string of the molecule is N#Cc1ccc(NCC2CCCC2O)c(Cl)c1. The second kappa shape index (κ2) is 5.39. The fraction of sp³-hybridized carbons (Fsp3) is 0.462. The first kappa shape index (κ1) is 12.2. The maximum absolute atomic E-state index is 9.70. The molecular weight excluding hydrogens is 236 g/mol. The number of hydrogen-bond donors (Lipinski definition) is 2. The van der Waals surface area contributed by atoms with Crippen LogP contribution in [0.1, 0.15) is 24.8 Å². The van der Waals surface area contributed by atoms with Crippen LogP contribution in [-0.4, -0.2) is 17.8 Å². The molecule has 2 atom stereocenters. The first-order valence-corrected chi connectivity index (χ1v) is 6.20. The summed E-state index contributed by atoms with van der Waals surface area (Å²) in [7, 11) is 0. The molecule has 0 bridgehead atoms. The highest BCUT2D eigenvalue weighted by molar-refractivity contribution is 6.33. The Labute approximate surface area is 106 Å². The number of hydrogen-bond acceptors (Lipinski definition) is 3. The molecule has 1 aromatic rings. The van der Waals surface area contributed by atoms with Crippen LogP contribution in [0, 0.1) is 17.2 Å². The van der Waals surface area contributed by atoms with Crippen LogP contribution in [0.3, 0.4) is 0 Å². The van der Waals surface area contributed by atoms with Crippen molar-refractivity contribution in [2.24, 2.45) is 5.92 Å². The lowest BCUT2D eigenvalue weighted by molar-refractivity contribution is 0.138. The molecule has 2 rings (SSSR count). The molecule has 3 nitrogen and oxygen atoms in total. The molecule has 2 unspecified atom stereocenters. The Bertz CT molecular complexity index is 442. The Hall–Kier alpha value is -1.24. The predicted octanol–water partition coefficient (Wildman–Crippen LogP) is 2.78. The lowest BCUT2D eigenvalue weighted by Crippen LogP contribution is -2.21. The zero-order chi connectivity index (χ0) is 12.3. The maximum atomic E-state index is 9.70. The summed E-state index contributed by atoms with van der Waals surface area (Å²) in [6.45, 7) is 0.729. The molecule has 90 valence electrons. The Kier molecular flexibility index (Phi) is 3.88. The zero-order valence-electron chi connectivity index (χ0n) is 9.49. The van der Waals surface area contributed by atoms with Gasteiger partial charge >= 0.3 is 0 Å². The van der Waals surface area contributed by atoms with Gasteiger partial charge in [-0.3, -0.25) is 0 Å². The van der Waals surface area contributed by atoms with Gasteiger partial charge in [0.25, 0.3) is 0 Å². The summed E-state index contributed by atoms with van der Waals surface area (Å²) in [6.07, 6.45) is 2.85. The third-order valence-corrected chi connectivity index (χ3v) is 3.58. The summed E-state index contributed by atoms with van der Waals surface area (Å²) in [5.74, 6) is 0.307. The minimum atomic E-state index is -0.195. The van der Waals surface area contributed by atoms with Crippen LogP contribution < -0.4 is 5.32 Å². The molecule has 0 aliphatic heterocycles. The Morgan fingerprint density at radius 1 is 1.47 bits per heavy atom. The molecule has 0 saturated heterocycles. The van der Waals surface area contributed by atoms with E-state index in [1.807, 2.05) is 12.1 Å². The molecule has 2 N–H and O–H groups in total. The number of aliphatic hydroxyl groups is 1. The largest absolute Gasteiger partial charge is 0.393 e. The smallest absolute Gasteiger partial charge is 0.0992 e. The average Bonchev–Trinajstić information content (AvgIpc) is 2.73. The number of nitriles is 1. The highest BCUT2D eigenvalue weighted by Gasteiger charge is 2.24. The maximum Gasteiger partial charge on any atom is 0.0992 e. The first-order chi connectivity index (χ1) is 8.20. The quantitative estimate of drug-likeness (QED) is 0.867. The molecule has 0 aromatic heterocycles. The number of rotatable bonds is 3. The normalized spacial score (nSPS) is 23.4. The van der Waals surface area contributed by atoms with Crippen molar-refractivity contribution in [3.8, 4) is 6.07 Å². The van der Waals surface area contributed by atoms with Crippen molar-refractivity contribution in [1.82, 2.24) is 0 Å². The van der Waals surface area contributed by atoms with E-state index in [1.54, 1.807) is 12.1 Å². The number of halogens is 1. The molecule has 0 spiro atoms. The first-order valence-electron chi connectivity index (χ1n) is 5.82. The van der Waals surface area contributed by atoms with Crippen molar-refractivity contribution in [2.45, 2.75) is 25.4 Å².